The second-order valence-electron chi connectivity index (χ2n) is 5.56. The third-order valence-electron chi connectivity index (χ3n) is 3.35. The van der Waals surface area contributed by atoms with Gasteiger partial charge in [-0.25, -0.2) is 0 Å². The van der Waals surface area contributed by atoms with Gasteiger partial charge in [0, 0.05) is 30.1 Å². The molecular formula is C18H13F3N6O2. The van der Waals surface area contributed by atoms with Crippen LogP contribution in [0.5, 0.6) is 17.2 Å². The number of ether oxygens (including phenoxy) is 2. The van der Waals surface area contributed by atoms with E-state index in [1.165, 1.54) is 24.4 Å². The first-order valence-electron chi connectivity index (χ1n) is 8.11. The van der Waals surface area contributed by atoms with Gasteiger partial charge in [-0.05, 0) is 17.3 Å². The van der Waals surface area contributed by atoms with Crippen molar-refractivity contribution < 1.29 is 22.6 Å². The Labute approximate surface area is 162 Å². The van der Waals surface area contributed by atoms with E-state index >= 15 is 0 Å². The van der Waals surface area contributed by atoms with Crippen LogP contribution in [0.25, 0.3) is 5.57 Å². The maximum atomic E-state index is 12.5. The zero-order chi connectivity index (χ0) is 20.7. The molecule has 0 aliphatic heterocycles. The number of anilines is 1. The minimum atomic E-state index is -4.49. The van der Waals surface area contributed by atoms with Gasteiger partial charge in [-0.15, -0.1) is 10.2 Å². The lowest BCUT2D eigenvalue weighted by molar-refractivity contribution is -0.153. The van der Waals surface area contributed by atoms with Crippen LogP contribution >= 0.6 is 0 Å². The zero-order valence-electron chi connectivity index (χ0n) is 14.6. The number of nitriles is 1. The molecule has 1 heterocycles. The summed E-state index contributed by atoms with van der Waals surface area (Å²) in [7, 11) is 0. The molecule has 1 aromatic heterocycles. The summed E-state index contributed by atoms with van der Waals surface area (Å²) in [6.07, 6.45) is -3.20. The SMILES string of the molecule is N#CC(=CNc1cc(OCC(F)(F)F)cc(Oc2ccccc2)c1)c1nn[nH]n1. The molecule has 0 unspecified atom stereocenters. The van der Waals surface area contributed by atoms with Gasteiger partial charge < -0.3 is 14.8 Å². The molecule has 148 valence electrons. The second kappa shape index (κ2) is 8.75. The van der Waals surface area contributed by atoms with Gasteiger partial charge in [0.05, 0.1) is 0 Å². The lowest BCUT2D eigenvalue weighted by Gasteiger charge is -2.13. The third kappa shape index (κ3) is 5.96. The lowest BCUT2D eigenvalue weighted by atomic mass is 10.2. The average Bonchev–Trinajstić information content (AvgIpc) is 3.22. The van der Waals surface area contributed by atoms with E-state index in [4.69, 9.17) is 9.47 Å². The fourth-order valence-corrected chi connectivity index (χ4v) is 2.17. The summed E-state index contributed by atoms with van der Waals surface area (Å²) in [6, 6.07) is 14.8. The maximum absolute atomic E-state index is 12.5. The summed E-state index contributed by atoms with van der Waals surface area (Å²) in [5.74, 6) is 0.728. The molecule has 0 bridgehead atoms. The molecule has 3 aromatic rings. The van der Waals surface area contributed by atoms with Crippen LogP contribution < -0.4 is 14.8 Å². The van der Waals surface area contributed by atoms with E-state index < -0.39 is 12.8 Å². The Balaban J connectivity index is 1.86. The van der Waals surface area contributed by atoms with Crippen LogP contribution in [-0.2, 0) is 0 Å². The fourth-order valence-electron chi connectivity index (χ4n) is 2.17. The Kier molecular flexibility index (Phi) is 5.94. The van der Waals surface area contributed by atoms with Crippen molar-refractivity contribution in [2.24, 2.45) is 0 Å². The van der Waals surface area contributed by atoms with E-state index in [1.807, 2.05) is 6.07 Å². The Morgan fingerprint density at radius 1 is 1.14 bits per heavy atom. The van der Waals surface area contributed by atoms with Crippen molar-refractivity contribution in [3.8, 4) is 23.3 Å². The Bertz CT molecular complexity index is 1010. The first-order chi connectivity index (χ1) is 13.9. The van der Waals surface area contributed by atoms with Crippen LogP contribution in [0.2, 0.25) is 0 Å². The fraction of sp³-hybridized carbons (Fsp3) is 0.111. The third-order valence-corrected chi connectivity index (χ3v) is 3.35. The van der Waals surface area contributed by atoms with Gasteiger partial charge in [-0.1, -0.05) is 18.2 Å². The van der Waals surface area contributed by atoms with E-state index in [1.54, 1.807) is 30.3 Å². The van der Waals surface area contributed by atoms with Crippen molar-refractivity contribution in [1.29, 1.82) is 5.26 Å². The number of aromatic amines is 1. The first-order valence-corrected chi connectivity index (χ1v) is 8.11. The van der Waals surface area contributed by atoms with Gasteiger partial charge in [0.15, 0.2) is 6.61 Å². The molecule has 0 fully saturated rings. The van der Waals surface area contributed by atoms with Gasteiger partial charge in [-0.2, -0.15) is 23.6 Å². The maximum Gasteiger partial charge on any atom is 0.422 e. The van der Waals surface area contributed by atoms with Crippen molar-refractivity contribution in [3.05, 3.63) is 60.6 Å². The van der Waals surface area contributed by atoms with Crippen LogP contribution in [0, 0.1) is 11.3 Å². The minimum absolute atomic E-state index is 0.0604. The highest BCUT2D eigenvalue weighted by molar-refractivity contribution is 5.74. The van der Waals surface area contributed by atoms with Gasteiger partial charge >= 0.3 is 6.18 Å². The quantitative estimate of drug-likeness (QED) is 0.577. The normalized spacial score (nSPS) is 11.6. The molecule has 0 aliphatic rings. The first kappa shape index (κ1) is 19.7. The average molecular weight is 402 g/mol. The minimum Gasteiger partial charge on any atom is -0.484 e. The lowest BCUT2D eigenvalue weighted by Crippen LogP contribution is -2.19. The molecule has 29 heavy (non-hydrogen) atoms. The van der Waals surface area contributed by atoms with Crippen molar-refractivity contribution in [2.45, 2.75) is 6.18 Å². The number of alkyl halides is 3. The number of nitrogens with zero attached hydrogens (tertiary/aromatic N) is 4. The summed E-state index contributed by atoms with van der Waals surface area (Å²) in [5, 5.41) is 25.0. The molecule has 0 atom stereocenters. The predicted octanol–water partition coefficient (Wildman–Crippen LogP) is 3.91. The van der Waals surface area contributed by atoms with Crippen LogP contribution in [0.15, 0.2) is 54.7 Å². The predicted molar refractivity (Wildman–Crippen MR) is 95.9 cm³/mol. The van der Waals surface area contributed by atoms with Crippen molar-refractivity contribution in [2.75, 3.05) is 11.9 Å². The highest BCUT2D eigenvalue weighted by Gasteiger charge is 2.28. The highest BCUT2D eigenvalue weighted by atomic mass is 19.4. The number of H-pyrrole nitrogens is 1. The number of para-hydroxylation sites is 1. The summed E-state index contributed by atoms with van der Waals surface area (Å²) < 4.78 is 48.0. The van der Waals surface area contributed by atoms with Gasteiger partial charge in [0.1, 0.15) is 28.9 Å². The molecule has 0 saturated carbocycles. The molecular weight excluding hydrogens is 389 g/mol. The molecule has 0 saturated heterocycles. The van der Waals surface area contributed by atoms with E-state index in [-0.39, 0.29) is 22.9 Å². The van der Waals surface area contributed by atoms with Crippen LogP contribution in [0.1, 0.15) is 5.82 Å². The number of nitrogens with one attached hydrogen (secondary N) is 2. The van der Waals surface area contributed by atoms with E-state index in [9.17, 15) is 18.4 Å². The molecule has 0 amide bonds. The van der Waals surface area contributed by atoms with Crippen LogP contribution in [0.3, 0.4) is 0 Å². The summed E-state index contributed by atoms with van der Waals surface area (Å²) in [4.78, 5) is 0. The monoisotopic (exact) mass is 402 g/mol. The second-order valence-corrected chi connectivity index (χ2v) is 5.56. The van der Waals surface area contributed by atoms with Crippen molar-refractivity contribution in [3.63, 3.8) is 0 Å². The van der Waals surface area contributed by atoms with Gasteiger partial charge in [0.25, 0.3) is 0 Å². The van der Waals surface area contributed by atoms with Gasteiger partial charge in [0.2, 0.25) is 5.82 Å². The summed E-state index contributed by atoms with van der Waals surface area (Å²) >= 11 is 0. The highest BCUT2D eigenvalue weighted by Crippen LogP contribution is 2.31. The number of halogens is 3. The molecule has 3 rings (SSSR count). The topological polar surface area (TPSA) is 109 Å². The number of hydrogen-bond donors (Lipinski definition) is 2. The largest absolute Gasteiger partial charge is 0.484 e. The number of aromatic nitrogens is 4. The van der Waals surface area contributed by atoms with E-state index in [2.05, 4.69) is 25.9 Å². The van der Waals surface area contributed by atoms with Crippen molar-refractivity contribution >= 4 is 11.3 Å². The number of rotatable bonds is 7. The number of hydrogen-bond acceptors (Lipinski definition) is 7. The summed E-state index contributed by atoms with van der Waals surface area (Å²) in [5.41, 5.74) is 0.387. The molecule has 2 aromatic carbocycles. The molecule has 11 heteroatoms. The number of benzene rings is 2. The Morgan fingerprint density at radius 2 is 1.90 bits per heavy atom. The number of allylic oxidation sites excluding steroid dienone is 1. The Morgan fingerprint density at radius 3 is 2.55 bits per heavy atom. The van der Waals surface area contributed by atoms with Crippen molar-refractivity contribution in [1.82, 2.24) is 20.6 Å². The van der Waals surface area contributed by atoms with E-state index in [0.717, 1.165) is 0 Å². The number of tetrazole rings is 1. The summed E-state index contributed by atoms with van der Waals surface area (Å²) in [6.45, 7) is -1.45. The van der Waals surface area contributed by atoms with Gasteiger partial charge in [-0.3, -0.25) is 0 Å². The molecule has 2 N–H and O–H groups in total. The standard InChI is InChI=1S/C18H13F3N6O2/c19-18(20,21)11-28-15-6-13(23-10-12(9-22)17-24-26-27-25-17)7-16(8-15)29-14-4-2-1-3-5-14/h1-8,10,23H,11H2,(H,24,25,26,27). The molecule has 8 nitrogen and oxygen atoms in total. The zero-order valence-corrected chi connectivity index (χ0v) is 14.6. The smallest absolute Gasteiger partial charge is 0.422 e. The van der Waals surface area contributed by atoms with E-state index in [0.29, 0.717) is 11.4 Å². The molecule has 0 radical (unpaired) electrons. The van der Waals surface area contributed by atoms with Crippen LogP contribution in [-0.4, -0.2) is 33.4 Å². The molecule has 0 spiro atoms. The van der Waals surface area contributed by atoms with Crippen LogP contribution in [0.4, 0.5) is 18.9 Å². The molecule has 0 aliphatic carbocycles. The Hall–Kier alpha value is -4.07.